The van der Waals surface area contributed by atoms with E-state index in [9.17, 15) is 4.79 Å². The van der Waals surface area contributed by atoms with Gasteiger partial charge >= 0.3 is 0 Å². The summed E-state index contributed by atoms with van der Waals surface area (Å²) in [5, 5.41) is 3.25. The van der Waals surface area contributed by atoms with E-state index in [4.69, 9.17) is 0 Å². The number of aromatic amines is 1. The average Bonchev–Trinajstić information content (AvgIpc) is 3.04. The van der Waals surface area contributed by atoms with Crippen molar-refractivity contribution in [2.45, 2.75) is 38.1 Å². The van der Waals surface area contributed by atoms with E-state index in [-0.39, 0.29) is 5.91 Å². The van der Waals surface area contributed by atoms with Gasteiger partial charge < -0.3 is 15.2 Å². The van der Waals surface area contributed by atoms with Gasteiger partial charge in [-0.3, -0.25) is 4.79 Å². The molecule has 1 aliphatic heterocycles. The van der Waals surface area contributed by atoms with E-state index < -0.39 is 0 Å². The predicted molar refractivity (Wildman–Crippen MR) is 70.8 cm³/mol. The molecule has 3 rings (SSSR count). The number of aromatic nitrogens is 1. The highest BCUT2D eigenvalue weighted by Gasteiger charge is 2.27. The van der Waals surface area contributed by atoms with Gasteiger partial charge in [0.25, 0.3) is 5.91 Å². The standard InChI is InChI=1S/C14H21N3O/c1-15-11-6-7-17(9-11)14(18)13-8-10-4-2-3-5-12(10)16-13/h8,11,15-16H,2-7,9H2,1H3. The fourth-order valence-electron chi connectivity index (χ4n) is 3.07. The zero-order chi connectivity index (χ0) is 12.5. The Hall–Kier alpha value is -1.29. The number of rotatable bonds is 2. The maximum absolute atomic E-state index is 12.4. The van der Waals surface area contributed by atoms with Crippen molar-refractivity contribution >= 4 is 5.91 Å². The van der Waals surface area contributed by atoms with E-state index in [1.54, 1.807) is 0 Å². The topological polar surface area (TPSA) is 48.1 Å². The lowest BCUT2D eigenvalue weighted by Crippen LogP contribution is -2.33. The second-order valence-corrected chi connectivity index (χ2v) is 5.42. The van der Waals surface area contributed by atoms with Crippen molar-refractivity contribution in [3.05, 3.63) is 23.0 Å². The van der Waals surface area contributed by atoms with E-state index in [1.165, 1.54) is 24.1 Å². The van der Waals surface area contributed by atoms with Crippen molar-refractivity contribution in [3.63, 3.8) is 0 Å². The Labute approximate surface area is 108 Å². The van der Waals surface area contributed by atoms with Crippen LogP contribution in [0.3, 0.4) is 0 Å². The summed E-state index contributed by atoms with van der Waals surface area (Å²) in [6.45, 7) is 1.70. The molecule has 18 heavy (non-hydrogen) atoms. The number of likely N-dealkylation sites (N-methyl/N-ethyl adjacent to an activating group) is 1. The largest absolute Gasteiger partial charge is 0.354 e. The lowest BCUT2D eigenvalue weighted by molar-refractivity contribution is 0.0784. The summed E-state index contributed by atoms with van der Waals surface area (Å²) in [5.41, 5.74) is 3.43. The van der Waals surface area contributed by atoms with Gasteiger partial charge in [-0.2, -0.15) is 0 Å². The number of H-pyrrole nitrogens is 1. The molecule has 4 heteroatoms. The molecule has 1 fully saturated rings. The van der Waals surface area contributed by atoms with Crippen molar-refractivity contribution < 1.29 is 4.79 Å². The number of likely N-dealkylation sites (tertiary alicyclic amines) is 1. The minimum Gasteiger partial charge on any atom is -0.354 e. The molecule has 1 aromatic rings. The number of nitrogens with zero attached hydrogens (tertiary/aromatic N) is 1. The Morgan fingerprint density at radius 1 is 1.44 bits per heavy atom. The van der Waals surface area contributed by atoms with Crippen LogP contribution in [0.5, 0.6) is 0 Å². The smallest absolute Gasteiger partial charge is 0.270 e. The van der Waals surface area contributed by atoms with Crippen LogP contribution in [0.25, 0.3) is 0 Å². The molecule has 0 radical (unpaired) electrons. The minimum absolute atomic E-state index is 0.169. The van der Waals surface area contributed by atoms with Crippen LogP contribution < -0.4 is 5.32 Å². The van der Waals surface area contributed by atoms with Crippen LogP contribution >= 0.6 is 0 Å². The van der Waals surface area contributed by atoms with Crippen molar-refractivity contribution in [3.8, 4) is 0 Å². The summed E-state index contributed by atoms with van der Waals surface area (Å²) in [4.78, 5) is 17.7. The molecule has 1 aromatic heterocycles. The summed E-state index contributed by atoms with van der Waals surface area (Å²) in [7, 11) is 1.96. The van der Waals surface area contributed by atoms with E-state index in [2.05, 4.69) is 16.4 Å². The first-order valence-corrected chi connectivity index (χ1v) is 6.95. The van der Waals surface area contributed by atoms with Gasteiger partial charge in [0, 0.05) is 24.8 Å². The molecule has 1 amide bonds. The molecular weight excluding hydrogens is 226 g/mol. The maximum Gasteiger partial charge on any atom is 0.270 e. The zero-order valence-corrected chi connectivity index (χ0v) is 11.0. The van der Waals surface area contributed by atoms with Crippen LogP contribution in [0.15, 0.2) is 6.07 Å². The number of nitrogens with one attached hydrogen (secondary N) is 2. The van der Waals surface area contributed by atoms with Crippen LogP contribution in [-0.2, 0) is 12.8 Å². The normalized spacial score (nSPS) is 23.2. The molecule has 4 nitrogen and oxygen atoms in total. The Morgan fingerprint density at radius 2 is 2.28 bits per heavy atom. The summed E-state index contributed by atoms with van der Waals surface area (Å²) >= 11 is 0. The van der Waals surface area contributed by atoms with Gasteiger partial charge in [0.2, 0.25) is 0 Å². The second kappa shape index (κ2) is 4.76. The van der Waals surface area contributed by atoms with E-state index in [0.29, 0.717) is 6.04 Å². The Balaban J connectivity index is 1.74. The van der Waals surface area contributed by atoms with Crippen LogP contribution in [0.2, 0.25) is 0 Å². The molecule has 2 aliphatic rings. The zero-order valence-electron chi connectivity index (χ0n) is 11.0. The van der Waals surface area contributed by atoms with E-state index in [0.717, 1.165) is 38.0 Å². The van der Waals surface area contributed by atoms with Gasteiger partial charge in [-0.15, -0.1) is 0 Å². The highest BCUT2D eigenvalue weighted by Crippen LogP contribution is 2.23. The number of hydrogen-bond acceptors (Lipinski definition) is 2. The monoisotopic (exact) mass is 247 g/mol. The van der Waals surface area contributed by atoms with Gasteiger partial charge in [0.15, 0.2) is 0 Å². The molecular formula is C14H21N3O. The van der Waals surface area contributed by atoms with Crippen LogP contribution in [0.4, 0.5) is 0 Å². The Kier molecular flexibility index (Phi) is 3.12. The van der Waals surface area contributed by atoms with Gasteiger partial charge in [-0.05, 0) is 50.8 Å². The van der Waals surface area contributed by atoms with Crippen LogP contribution in [-0.4, -0.2) is 42.0 Å². The number of aryl methyl sites for hydroxylation is 2. The Morgan fingerprint density at radius 3 is 3.00 bits per heavy atom. The van der Waals surface area contributed by atoms with Crippen molar-refractivity contribution in [2.24, 2.45) is 0 Å². The molecule has 0 spiro atoms. The average molecular weight is 247 g/mol. The molecule has 0 aromatic carbocycles. The maximum atomic E-state index is 12.4. The lowest BCUT2D eigenvalue weighted by atomic mass is 9.98. The molecule has 2 N–H and O–H groups in total. The van der Waals surface area contributed by atoms with Crippen molar-refractivity contribution in [1.29, 1.82) is 0 Å². The fraction of sp³-hybridized carbons (Fsp3) is 0.643. The summed E-state index contributed by atoms with van der Waals surface area (Å²) in [6, 6.07) is 2.53. The molecule has 0 saturated carbocycles. The van der Waals surface area contributed by atoms with Gasteiger partial charge in [0.1, 0.15) is 5.69 Å². The molecule has 1 saturated heterocycles. The van der Waals surface area contributed by atoms with Gasteiger partial charge in [-0.1, -0.05) is 0 Å². The van der Waals surface area contributed by atoms with Gasteiger partial charge in [0.05, 0.1) is 0 Å². The van der Waals surface area contributed by atoms with Crippen LogP contribution in [0, 0.1) is 0 Å². The first kappa shape index (κ1) is 11.8. The number of amides is 1. The highest BCUT2D eigenvalue weighted by atomic mass is 16.2. The van der Waals surface area contributed by atoms with E-state index >= 15 is 0 Å². The highest BCUT2D eigenvalue weighted by molar-refractivity contribution is 5.93. The second-order valence-electron chi connectivity index (χ2n) is 5.42. The third-order valence-corrected chi connectivity index (χ3v) is 4.23. The van der Waals surface area contributed by atoms with Crippen LogP contribution in [0.1, 0.15) is 41.0 Å². The first-order chi connectivity index (χ1) is 8.78. The SMILES string of the molecule is CNC1CCN(C(=O)c2cc3c([nH]2)CCCC3)C1. The fourth-order valence-corrected chi connectivity index (χ4v) is 3.07. The number of carbonyl (C=O) groups excluding carboxylic acids is 1. The van der Waals surface area contributed by atoms with Gasteiger partial charge in [-0.25, -0.2) is 0 Å². The summed E-state index contributed by atoms with van der Waals surface area (Å²) < 4.78 is 0. The minimum atomic E-state index is 0.169. The molecule has 2 heterocycles. The third-order valence-electron chi connectivity index (χ3n) is 4.23. The lowest BCUT2D eigenvalue weighted by Gasteiger charge is -2.15. The van der Waals surface area contributed by atoms with E-state index in [1.807, 2.05) is 11.9 Å². The molecule has 1 atom stereocenters. The summed E-state index contributed by atoms with van der Waals surface area (Å²) in [5.74, 6) is 0.169. The quantitative estimate of drug-likeness (QED) is 0.828. The first-order valence-electron chi connectivity index (χ1n) is 6.95. The summed E-state index contributed by atoms with van der Waals surface area (Å²) in [6.07, 6.45) is 5.78. The number of hydrogen-bond donors (Lipinski definition) is 2. The Bertz CT molecular complexity index is 428. The molecule has 1 unspecified atom stereocenters. The number of carbonyl (C=O) groups is 1. The number of fused-ring (bicyclic) bond motifs is 1. The van der Waals surface area contributed by atoms with Crippen molar-refractivity contribution in [2.75, 3.05) is 20.1 Å². The van der Waals surface area contributed by atoms with Crippen molar-refractivity contribution in [1.82, 2.24) is 15.2 Å². The predicted octanol–water partition coefficient (Wildman–Crippen LogP) is 1.33. The molecule has 98 valence electrons. The third kappa shape index (κ3) is 2.05. The molecule has 1 aliphatic carbocycles. The molecule has 0 bridgehead atoms.